The third kappa shape index (κ3) is 2.95. The molecular formula is C17H16BrNO2. The van der Waals surface area contributed by atoms with E-state index in [1.165, 1.54) is 0 Å². The van der Waals surface area contributed by atoms with Crippen LogP contribution in [-0.2, 0) is 4.74 Å². The number of anilines is 1. The second-order valence-corrected chi connectivity index (χ2v) is 6.09. The lowest BCUT2D eigenvalue weighted by Crippen LogP contribution is -2.27. The van der Waals surface area contributed by atoms with Crippen molar-refractivity contribution in [2.75, 3.05) is 18.5 Å². The number of ether oxygens (including phenoxy) is 1. The molecule has 1 atom stereocenters. The molecule has 4 heteroatoms. The largest absolute Gasteiger partial charge is 0.454 e. The molecule has 0 bridgehead atoms. The van der Waals surface area contributed by atoms with Gasteiger partial charge in [0.25, 0.3) is 0 Å². The Bertz CT molecular complexity index is 654. The first-order chi connectivity index (χ1) is 10.1. The topological polar surface area (TPSA) is 29.5 Å². The fraction of sp³-hybridized carbons (Fsp3) is 0.235. The van der Waals surface area contributed by atoms with Crippen LogP contribution in [-0.4, -0.2) is 19.6 Å². The second-order valence-electron chi connectivity index (χ2n) is 5.17. The van der Waals surface area contributed by atoms with Crippen LogP contribution in [0.15, 0.2) is 53.0 Å². The molecule has 0 spiro atoms. The number of esters is 1. The monoisotopic (exact) mass is 345 g/mol. The van der Waals surface area contributed by atoms with Crippen LogP contribution in [0.2, 0.25) is 0 Å². The summed E-state index contributed by atoms with van der Waals surface area (Å²) in [7, 11) is 2.01. The Morgan fingerprint density at radius 1 is 1.14 bits per heavy atom. The van der Waals surface area contributed by atoms with Gasteiger partial charge in [-0.25, -0.2) is 4.79 Å². The summed E-state index contributed by atoms with van der Waals surface area (Å²) in [5.41, 5.74) is 2.58. The molecule has 2 aromatic carbocycles. The molecule has 2 aromatic rings. The molecule has 108 valence electrons. The van der Waals surface area contributed by atoms with E-state index >= 15 is 0 Å². The van der Waals surface area contributed by atoms with Gasteiger partial charge in [0.2, 0.25) is 0 Å². The number of carbonyl (C=O) groups excluding carboxylic acids is 1. The van der Waals surface area contributed by atoms with Crippen molar-refractivity contribution in [3.63, 3.8) is 0 Å². The number of nitrogens with zero attached hydrogens (tertiary/aromatic N) is 1. The third-order valence-corrected chi connectivity index (χ3v) is 4.28. The summed E-state index contributed by atoms with van der Waals surface area (Å²) in [6.07, 6.45) is 0.569. The number of hydrogen-bond acceptors (Lipinski definition) is 3. The zero-order valence-corrected chi connectivity index (χ0v) is 13.3. The van der Waals surface area contributed by atoms with Crippen LogP contribution in [0, 0.1) is 0 Å². The van der Waals surface area contributed by atoms with Gasteiger partial charge in [-0.05, 0) is 29.8 Å². The van der Waals surface area contributed by atoms with Gasteiger partial charge in [0.1, 0.15) is 6.10 Å². The summed E-state index contributed by atoms with van der Waals surface area (Å²) >= 11 is 3.42. The molecule has 1 aliphatic rings. The van der Waals surface area contributed by atoms with Gasteiger partial charge in [0, 0.05) is 24.5 Å². The van der Waals surface area contributed by atoms with E-state index in [0.717, 1.165) is 28.7 Å². The van der Waals surface area contributed by atoms with Gasteiger partial charge in [-0.1, -0.05) is 40.2 Å². The highest BCUT2D eigenvalue weighted by molar-refractivity contribution is 9.10. The highest BCUT2D eigenvalue weighted by Crippen LogP contribution is 2.30. The van der Waals surface area contributed by atoms with E-state index in [1.807, 2.05) is 55.6 Å². The SMILES string of the molecule is CN1CC[C@@H](c2ccc(Br)cc2)OC(=O)c2ccccc21. The number of benzene rings is 2. The molecule has 0 unspecified atom stereocenters. The number of rotatable bonds is 1. The molecule has 0 saturated carbocycles. The zero-order chi connectivity index (χ0) is 14.8. The first kappa shape index (κ1) is 14.1. The van der Waals surface area contributed by atoms with Crippen LogP contribution in [0.4, 0.5) is 5.69 Å². The molecule has 0 aliphatic carbocycles. The normalized spacial score (nSPS) is 18.5. The number of hydrogen-bond donors (Lipinski definition) is 0. The molecule has 3 nitrogen and oxygen atoms in total. The maximum absolute atomic E-state index is 12.4. The maximum Gasteiger partial charge on any atom is 0.340 e. The highest BCUT2D eigenvalue weighted by atomic mass is 79.9. The first-order valence-electron chi connectivity index (χ1n) is 6.92. The summed E-state index contributed by atoms with van der Waals surface area (Å²) in [4.78, 5) is 14.5. The summed E-state index contributed by atoms with van der Waals surface area (Å²) in [5.74, 6) is -0.259. The molecule has 1 heterocycles. The summed E-state index contributed by atoms with van der Waals surface area (Å²) in [6.45, 7) is 0.838. The van der Waals surface area contributed by atoms with Crippen molar-refractivity contribution < 1.29 is 9.53 Å². The molecule has 0 amide bonds. The van der Waals surface area contributed by atoms with Crippen LogP contribution in [0.3, 0.4) is 0 Å². The lowest BCUT2D eigenvalue weighted by Gasteiger charge is -2.28. The van der Waals surface area contributed by atoms with E-state index in [-0.39, 0.29) is 12.1 Å². The molecule has 21 heavy (non-hydrogen) atoms. The van der Waals surface area contributed by atoms with Crippen LogP contribution in [0.5, 0.6) is 0 Å². The number of carbonyl (C=O) groups is 1. The van der Waals surface area contributed by atoms with E-state index in [4.69, 9.17) is 4.74 Å². The molecule has 3 rings (SSSR count). The number of cyclic esters (lactones) is 1. The average Bonchev–Trinajstić information content (AvgIpc) is 2.50. The third-order valence-electron chi connectivity index (χ3n) is 3.75. The quantitative estimate of drug-likeness (QED) is 0.726. The van der Waals surface area contributed by atoms with Gasteiger partial charge < -0.3 is 9.64 Å². The van der Waals surface area contributed by atoms with Crippen molar-refractivity contribution in [1.29, 1.82) is 0 Å². The van der Waals surface area contributed by atoms with Crippen molar-refractivity contribution >= 4 is 27.6 Å². The minimum atomic E-state index is -0.259. The van der Waals surface area contributed by atoms with Crippen LogP contribution in [0.1, 0.15) is 28.4 Å². The van der Waals surface area contributed by atoms with Gasteiger partial charge in [0.15, 0.2) is 0 Å². The minimum Gasteiger partial charge on any atom is -0.454 e. The van der Waals surface area contributed by atoms with E-state index < -0.39 is 0 Å². The van der Waals surface area contributed by atoms with Crippen molar-refractivity contribution in [3.8, 4) is 0 Å². The van der Waals surface area contributed by atoms with Gasteiger partial charge in [-0.15, -0.1) is 0 Å². The van der Waals surface area contributed by atoms with Gasteiger partial charge in [0.05, 0.1) is 11.3 Å². The minimum absolute atomic E-state index is 0.207. The standard InChI is InChI=1S/C17H16BrNO2/c1-19-11-10-16(12-6-8-13(18)9-7-12)21-17(20)14-4-2-3-5-15(14)19/h2-9,16H,10-11H2,1H3/t16-/m0/s1. The predicted octanol–water partition coefficient (Wildman–Crippen LogP) is 4.19. The van der Waals surface area contributed by atoms with Crippen molar-refractivity contribution in [1.82, 2.24) is 0 Å². The van der Waals surface area contributed by atoms with Gasteiger partial charge >= 0.3 is 5.97 Å². The molecule has 0 radical (unpaired) electrons. The first-order valence-corrected chi connectivity index (χ1v) is 7.71. The van der Waals surface area contributed by atoms with Crippen LogP contribution in [0.25, 0.3) is 0 Å². The average molecular weight is 346 g/mol. The van der Waals surface area contributed by atoms with E-state index in [1.54, 1.807) is 0 Å². The lowest BCUT2D eigenvalue weighted by molar-refractivity contribution is 0.0274. The van der Waals surface area contributed by atoms with Crippen LogP contribution >= 0.6 is 15.9 Å². The number of para-hydroxylation sites is 1. The predicted molar refractivity (Wildman–Crippen MR) is 86.6 cm³/mol. The Hall–Kier alpha value is -1.81. The Morgan fingerprint density at radius 3 is 2.62 bits per heavy atom. The summed E-state index contributed by atoms with van der Waals surface area (Å²) in [6, 6.07) is 15.5. The van der Waals surface area contributed by atoms with Crippen molar-refractivity contribution in [2.45, 2.75) is 12.5 Å². The van der Waals surface area contributed by atoms with E-state index in [9.17, 15) is 4.79 Å². The molecule has 0 aromatic heterocycles. The molecule has 0 fully saturated rings. The fourth-order valence-corrected chi connectivity index (χ4v) is 2.84. The molecule has 0 saturated heterocycles. The maximum atomic E-state index is 12.4. The van der Waals surface area contributed by atoms with Crippen LogP contribution < -0.4 is 4.90 Å². The van der Waals surface area contributed by atoms with Gasteiger partial charge in [-0.2, -0.15) is 0 Å². The Kier molecular flexibility index (Phi) is 3.97. The molecule has 0 N–H and O–H groups in total. The Morgan fingerprint density at radius 2 is 1.86 bits per heavy atom. The zero-order valence-electron chi connectivity index (χ0n) is 11.8. The molecular weight excluding hydrogens is 330 g/mol. The van der Waals surface area contributed by atoms with E-state index in [0.29, 0.717) is 5.56 Å². The highest BCUT2D eigenvalue weighted by Gasteiger charge is 2.24. The molecule has 1 aliphatic heterocycles. The van der Waals surface area contributed by atoms with Gasteiger partial charge in [-0.3, -0.25) is 0 Å². The van der Waals surface area contributed by atoms with E-state index in [2.05, 4.69) is 20.8 Å². The fourth-order valence-electron chi connectivity index (χ4n) is 2.57. The smallest absolute Gasteiger partial charge is 0.340 e. The summed E-state index contributed by atoms with van der Waals surface area (Å²) < 4.78 is 6.73. The number of fused-ring (bicyclic) bond motifs is 1. The number of halogens is 1. The lowest BCUT2D eigenvalue weighted by atomic mass is 10.0. The Labute approximate surface area is 132 Å². The second kappa shape index (κ2) is 5.90. The van der Waals surface area contributed by atoms with Crippen molar-refractivity contribution in [2.24, 2.45) is 0 Å². The summed E-state index contributed by atoms with van der Waals surface area (Å²) in [5, 5.41) is 0. The van der Waals surface area contributed by atoms with Crippen molar-refractivity contribution in [3.05, 3.63) is 64.1 Å². The Balaban J connectivity index is 1.92.